The molecule has 0 fully saturated rings. The first-order chi connectivity index (χ1) is 7.80. The number of fused-ring (bicyclic) bond motifs is 1. The van der Waals surface area contributed by atoms with Crippen LogP contribution < -0.4 is 4.74 Å². The highest BCUT2D eigenvalue weighted by atomic mass is 35.5. The number of pyridine rings is 1. The molecule has 0 aromatic carbocycles. The summed E-state index contributed by atoms with van der Waals surface area (Å²) in [4.78, 5) is 4.25. The van der Waals surface area contributed by atoms with Gasteiger partial charge in [-0.05, 0) is 5.56 Å². The van der Waals surface area contributed by atoms with Crippen LogP contribution in [0.4, 0.5) is 0 Å². The molecule has 0 saturated heterocycles. The number of halogens is 3. The van der Waals surface area contributed by atoms with Crippen LogP contribution in [0.1, 0.15) is 30.2 Å². The third-order valence-electron chi connectivity index (χ3n) is 2.57. The lowest BCUT2D eigenvalue weighted by molar-refractivity contribution is -0.109. The molecule has 6 heteroatoms. The van der Waals surface area contributed by atoms with Gasteiger partial charge in [0.1, 0.15) is 0 Å². The first-order valence-electron chi connectivity index (χ1n) is 5.20. The van der Waals surface area contributed by atoms with Crippen LogP contribution in [-0.4, -0.2) is 11.3 Å². The number of hydrogen-bond acceptors (Lipinski definition) is 3. The molecule has 2 heterocycles. The summed E-state index contributed by atoms with van der Waals surface area (Å²) in [7, 11) is 0. The quantitative estimate of drug-likeness (QED) is 0.799. The third-order valence-corrected chi connectivity index (χ3v) is 3.11. The zero-order valence-electron chi connectivity index (χ0n) is 9.41. The summed E-state index contributed by atoms with van der Waals surface area (Å²) in [5, 5.41) is 0. The highest BCUT2D eigenvalue weighted by Gasteiger charge is 2.24. The second kappa shape index (κ2) is 6.64. The maximum Gasteiger partial charge on any atom is 0.200 e. The summed E-state index contributed by atoms with van der Waals surface area (Å²) in [6, 6.07) is 0. The average Bonchev–Trinajstić information content (AvgIpc) is 2.36. The summed E-state index contributed by atoms with van der Waals surface area (Å²) in [5.74, 6) is 1.49. The molecule has 1 unspecified atom stereocenters. The van der Waals surface area contributed by atoms with E-state index in [4.69, 9.17) is 32.7 Å². The fourth-order valence-electron chi connectivity index (χ4n) is 1.66. The molecule has 1 aromatic rings. The van der Waals surface area contributed by atoms with Crippen molar-refractivity contribution < 1.29 is 9.47 Å². The number of rotatable bonds is 3. The Bertz CT molecular complexity index is 387. The topological polar surface area (TPSA) is 31.4 Å². The molecule has 0 spiro atoms. The van der Waals surface area contributed by atoms with Crippen molar-refractivity contribution in [1.82, 2.24) is 4.98 Å². The van der Waals surface area contributed by atoms with Gasteiger partial charge in [-0.2, -0.15) is 0 Å². The van der Waals surface area contributed by atoms with Crippen molar-refractivity contribution in [3.63, 3.8) is 0 Å². The van der Waals surface area contributed by atoms with Crippen LogP contribution in [0.15, 0.2) is 6.20 Å². The molecule has 17 heavy (non-hydrogen) atoms. The minimum absolute atomic E-state index is 0. The van der Waals surface area contributed by atoms with E-state index in [1.54, 1.807) is 6.20 Å². The van der Waals surface area contributed by atoms with Crippen molar-refractivity contribution in [3.8, 4) is 5.75 Å². The number of alkyl halides is 2. The number of hydrogen-bond donors (Lipinski definition) is 0. The van der Waals surface area contributed by atoms with Gasteiger partial charge in [0, 0.05) is 24.1 Å². The van der Waals surface area contributed by atoms with Gasteiger partial charge in [-0.3, -0.25) is 4.98 Å². The number of ether oxygens (including phenoxy) is 2. The van der Waals surface area contributed by atoms with Crippen LogP contribution in [0.5, 0.6) is 5.75 Å². The Balaban J connectivity index is 0.00000144. The van der Waals surface area contributed by atoms with Crippen molar-refractivity contribution in [2.75, 3.05) is 0 Å². The number of aromatic nitrogens is 1. The Morgan fingerprint density at radius 1 is 1.41 bits per heavy atom. The van der Waals surface area contributed by atoms with E-state index in [1.807, 2.05) is 6.92 Å². The van der Waals surface area contributed by atoms with E-state index in [1.165, 1.54) is 0 Å². The number of nitrogens with zero attached hydrogens (tertiary/aromatic N) is 1. The van der Waals surface area contributed by atoms with E-state index in [9.17, 15) is 0 Å². The molecule has 1 aliphatic rings. The molecule has 0 aliphatic carbocycles. The monoisotopic (exact) mass is 297 g/mol. The van der Waals surface area contributed by atoms with E-state index >= 15 is 0 Å². The van der Waals surface area contributed by atoms with E-state index in [-0.39, 0.29) is 18.7 Å². The minimum atomic E-state index is -0.207. The Kier molecular flexibility index (Phi) is 5.80. The Morgan fingerprint density at radius 3 is 2.76 bits per heavy atom. The Hall–Kier alpha value is -0.220. The summed E-state index contributed by atoms with van der Waals surface area (Å²) in [6.45, 7) is 2.52. The molecular weight excluding hydrogens is 284 g/mol. The van der Waals surface area contributed by atoms with Gasteiger partial charge >= 0.3 is 0 Å². The van der Waals surface area contributed by atoms with E-state index in [2.05, 4.69) is 4.98 Å². The molecule has 2 rings (SSSR count). The van der Waals surface area contributed by atoms with Crippen LogP contribution in [0.3, 0.4) is 0 Å². The van der Waals surface area contributed by atoms with Crippen LogP contribution >= 0.6 is 35.6 Å². The second-order valence-electron chi connectivity index (χ2n) is 3.57. The highest BCUT2D eigenvalue weighted by Crippen LogP contribution is 2.33. The predicted octanol–water partition coefficient (Wildman–Crippen LogP) is 3.63. The molecule has 1 aliphatic heterocycles. The second-order valence-corrected chi connectivity index (χ2v) is 4.11. The Morgan fingerprint density at radius 2 is 2.18 bits per heavy atom. The SMILES string of the molecule is CCC1OCc2c(CCl)cnc(CCl)c2O1.Cl. The van der Waals surface area contributed by atoms with Crippen LogP contribution in [0, 0.1) is 0 Å². The maximum absolute atomic E-state index is 5.85. The van der Waals surface area contributed by atoms with Crippen molar-refractivity contribution in [2.24, 2.45) is 0 Å². The largest absolute Gasteiger partial charge is 0.463 e. The van der Waals surface area contributed by atoms with E-state index < -0.39 is 0 Å². The van der Waals surface area contributed by atoms with Crippen molar-refractivity contribution >= 4 is 35.6 Å². The standard InChI is InChI=1S/C11H13Cl2NO2.ClH/c1-2-10-15-6-8-7(3-12)5-14-9(4-13)11(8)16-10;/h5,10H,2-4,6H2,1H3;1H. The van der Waals surface area contributed by atoms with Crippen LogP contribution in [0.2, 0.25) is 0 Å². The molecule has 0 radical (unpaired) electrons. The predicted molar refractivity (Wildman–Crippen MR) is 70.1 cm³/mol. The van der Waals surface area contributed by atoms with Crippen molar-refractivity contribution in [3.05, 3.63) is 23.0 Å². The smallest absolute Gasteiger partial charge is 0.200 e. The zero-order chi connectivity index (χ0) is 11.5. The summed E-state index contributed by atoms with van der Waals surface area (Å²) in [5.41, 5.74) is 2.68. The van der Waals surface area contributed by atoms with Gasteiger partial charge in [-0.15, -0.1) is 35.6 Å². The first kappa shape index (κ1) is 14.8. The van der Waals surface area contributed by atoms with Gasteiger partial charge in [-0.25, -0.2) is 0 Å². The lowest BCUT2D eigenvalue weighted by Gasteiger charge is -2.27. The summed E-state index contributed by atoms with van der Waals surface area (Å²) in [6.07, 6.45) is 2.33. The average molecular weight is 299 g/mol. The molecule has 0 bridgehead atoms. The molecule has 1 atom stereocenters. The Labute approximate surface area is 117 Å². The fraction of sp³-hybridized carbons (Fsp3) is 0.545. The highest BCUT2D eigenvalue weighted by molar-refractivity contribution is 6.17. The van der Waals surface area contributed by atoms with E-state index in [0.29, 0.717) is 18.4 Å². The molecule has 0 amide bonds. The lowest BCUT2D eigenvalue weighted by atomic mass is 10.1. The van der Waals surface area contributed by atoms with Crippen molar-refractivity contribution in [2.45, 2.75) is 38.0 Å². The van der Waals surface area contributed by atoms with Gasteiger partial charge in [0.05, 0.1) is 18.2 Å². The lowest BCUT2D eigenvalue weighted by Crippen LogP contribution is -2.26. The molecule has 0 saturated carbocycles. The normalized spacial score (nSPS) is 17.9. The maximum atomic E-state index is 5.85. The first-order valence-corrected chi connectivity index (χ1v) is 6.26. The van der Waals surface area contributed by atoms with Crippen LogP contribution in [-0.2, 0) is 23.1 Å². The van der Waals surface area contributed by atoms with Gasteiger partial charge < -0.3 is 9.47 Å². The van der Waals surface area contributed by atoms with Gasteiger partial charge in [0.2, 0.25) is 0 Å². The van der Waals surface area contributed by atoms with Gasteiger partial charge in [0.15, 0.2) is 12.0 Å². The molecular formula is C11H14Cl3NO2. The molecule has 96 valence electrons. The van der Waals surface area contributed by atoms with Gasteiger partial charge in [0.25, 0.3) is 0 Å². The van der Waals surface area contributed by atoms with E-state index in [0.717, 1.165) is 29.0 Å². The minimum Gasteiger partial charge on any atom is -0.463 e. The summed E-state index contributed by atoms with van der Waals surface area (Å²) >= 11 is 11.7. The summed E-state index contributed by atoms with van der Waals surface area (Å²) < 4.78 is 11.3. The zero-order valence-corrected chi connectivity index (χ0v) is 11.7. The third kappa shape index (κ3) is 2.97. The molecule has 0 N–H and O–H groups in total. The van der Waals surface area contributed by atoms with Crippen LogP contribution in [0.25, 0.3) is 0 Å². The van der Waals surface area contributed by atoms with Crippen molar-refractivity contribution in [1.29, 1.82) is 0 Å². The molecule has 1 aromatic heterocycles. The molecule has 3 nitrogen and oxygen atoms in total. The fourth-order valence-corrected chi connectivity index (χ4v) is 2.08. The van der Waals surface area contributed by atoms with Gasteiger partial charge in [-0.1, -0.05) is 6.92 Å².